The monoisotopic (exact) mass is 407 g/mol. The van der Waals surface area contributed by atoms with E-state index in [2.05, 4.69) is 10.3 Å². The molecule has 0 aliphatic heterocycles. The molecule has 6 nitrogen and oxygen atoms in total. The normalized spacial score (nSPS) is 10.8. The van der Waals surface area contributed by atoms with E-state index in [-0.39, 0.29) is 5.91 Å². The molecule has 0 saturated carbocycles. The molecule has 148 valence electrons. The molecule has 0 atom stereocenters. The highest BCUT2D eigenvalue weighted by molar-refractivity contribution is 7.15. The fourth-order valence-electron chi connectivity index (χ4n) is 3.11. The standard InChI is InChI=1S/C22H21N3O3S/c1-27-19-9-3-15(13-20(19)28-2)4-10-21(26)23-17-7-5-16(6-8-17)18-14-25-11-12-29-22(25)24-18/h3,5-9,11-14H,4,10H2,1-2H3,(H,23,26). The maximum absolute atomic E-state index is 12.3. The summed E-state index contributed by atoms with van der Waals surface area (Å²) in [6, 6.07) is 13.4. The molecule has 2 aromatic carbocycles. The zero-order valence-corrected chi connectivity index (χ0v) is 17.0. The lowest BCUT2D eigenvalue weighted by molar-refractivity contribution is -0.116. The average Bonchev–Trinajstić information content (AvgIpc) is 3.35. The van der Waals surface area contributed by atoms with Gasteiger partial charge in [0.05, 0.1) is 19.9 Å². The third-order valence-electron chi connectivity index (χ3n) is 4.65. The number of fused-ring (bicyclic) bond motifs is 1. The van der Waals surface area contributed by atoms with Crippen LogP contribution in [-0.2, 0) is 11.2 Å². The number of carbonyl (C=O) groups is 1. The number of aryl methyl sites for hydroxylation is 1. The van der Waals surface area contributed by atoms with Gasteiger partial charge in [-0.3, -0.25) is 9.20 Å². The zero-order chi connectivity index (χ0) is 20.2. The molecule has 4 aromatic rings. The number of imidazole rings is 1. The molecule has 0 aliphatic rings. The quantitative estimate of drug-likeness (QED) is 0.484. The van der Waals surface area contributed by atoms with E-state index in [4.69, 9.17) is 9.47 Å². The van der Waals surface area contributed by atoms with E-state index in [1.807, 2.05) is 64.6 Å². The summed E-state index contributed by atoms with van der Waals surface area (Å²) >= 11 is 1.60. The Bertz CT molecular complexity index is 1100. The van der Waals surface area contributed by atoms with E-state index >= 15 is 0 Å². The summed E-state index contributed by atoms with van der Waals surface area (Å²) in [7, 11) is 3.21. The van der Waals surface area contributed by atoms with E-state index in [1.54, 1.807) is 25.6 Å². The first-order valence-corrected chi connectivity index (χ1v) is 10.1. The van der Waals surface area contributed by atoms with Crippen molar-refractivity contribution >= 4 is 27.9 Å². The highest BCUT2D eigenvalue weighted by Crippen LogP contribution is 2.28. The second kappa shape index (κ2) is 8.36. The minimum Gasteiger partial charge on any atom is -0.493 e. The molecule has 2 aromatic heterocycles. The van der Waals surface area contributed by atoms with Crippen LogP contribution in [0.3, 0.4) is 0 Å². The van der Waals surface area contributed by atoms with Crippen LogP contribution in [0.4, 0.5) is 5.69 Å². The molecule has 1 amide bonds. The molecule has 0 spiro atoms. The van der Waals surface area contributed by atoms with Gasteiger partial charge in [0, 0.05) is 35.4 Å². The number of anilines is 1. The highest BCUT2D eigenvalue weighted by Gasteiger charge is 2.09. The largest absolute Gasteiger partial charge is 0.493 e. The maximum Gasteiger partial charge on any atom is 0.224 e. The third kappa shape index (κ3) is 4.25. The summed E-state index contributed by atoms with van der Waals surface area (Å²) in [4.78, 5) is 17.9. The van der Waals surface area contributed by atoms with Crippen LogP contribution >= 0.6 is 11.3 Å². The Balaban J connectivity index is 1.35. The van der Waals surface area contributed by atoms with Crippen LogP contribution in [0.5, 0.6) is 11.5 Å². The third-order valence-corrected chi connectivity index (χ3v) is 5.42. The summed E-state index contributed by atoms with van der Waals surface area (Å²) in [5.41, 5.74) is 3.73. The van der Waals surface area contributed by atoms with Gasteiger partial charge in [-0.25, -0.2) is 4.98 Å². The number of carbonyl (C=O) groups excluding carboxylic acids is 1. The maximum atomic E-state index is 12.3. The van der Waals surface area contributed by atoms with Crippen LogP contribution in [0.1, 0.15) is 12.0 Å². The Labute approximate surface area is 172 Å². The van der Waals surface area contributed by atoms with Gasteiger partial charge in [0.2, 0.25) is 5.91 Å². The van der Waals surface area contributed by atoms with Gasteiger partial charge < -0.3 is 14.8 Å². The Morgan fingerprint density at radius 1 is 1.10 bits per heavy atom. The predicted molar refractivity (Wildman–Crippen MR) is 115 cm³/mol. The van der Waals surface area contributed by atoms with Crippen LogP contribution in [0, 0.1) is 0 Å². The van der Waals surface area contributed by atoms with Gasteiger partial charge in [-0.1, -0.05) is 18.2 Å². The van der Waals surface area contributed by atoms with E-state index in [0.717, 1.165) is 27.5 Å². The summed E-state index contributed by atoms with van der Waals surface area (Å²) < 4.78 is 12.6. The van der Waals surface area contributed by atoms with Crippen molar-refractivity contribution in [1.82, 2.24) is 9.38 Å². The molecule has 2 heterocycles. The molecular formula is C22H21N3O3S. The fourth-order valence-corrected chi connectivity index (χ4v) is 3.81. The summed E-state index contributed by atoms with van der Waals surface area (Å²) in [5, 5.41) is 4.95. The van der Waals surface area contributed by atoms with Crippen molar-refractivity contribution in [2.24, 2.45) is 0 Å². The highest BCUT2D eigenvalue weighted by atomic mass is 32.1. The number of ether oxygens (including phenoxy) is 2. The minimum atomic E-state index is -0.0324. The SMILES string of the molecule is COc1ccc(CCC(=O)Nc2ccc(-c3cn4ccsc4n3)cc2)cc1OC. The number of thiazole rings is 1. The Morgan fingerprint density at radius 2 is 1.90 bits per heavy atom. The molecule has 0 aliphatic carbocycles. The first kappa shape index (κ1) is 19.0. The van der Waals surface area contributed by atoms with Gasteiger partial charge in [-0.2, -0.15) is 0 Å². The van der Waals surface area contributed by atoms with Crippen molar-refractivity contribution in [3.8, 4) is 22.8 Å². The number of rotatable bonds is 7. The van der Waals surface area contributed by atoms with Crippen molar-refractivity contribution in [3.05, 3.63) is 65.8 Å². The average molecular weight is 407 g/mol. The number of nitrogens with zero attached hydrogens (tertiary/aromatic N) is 2. The van der Waals surface area contributed by atoms with Crippen molar-refractivity contribution < 1.29 is 14.3 Å². The predicted octanol–water partition coefficient (Wildman–Crippen LogP) is 4.65. The van der Waals surface area contributed by atoms with E-state index in [9.17, 15) is 4.79 Å². The number of hydrogen-bond donors (Lipinski definition) is 1. The van der Waals surface area contributed by atoms with Crippen molar-refractivity contribution in [2.45, 2.75) is 12.8 Å². The number of nitrogens with one attached hydrogen (secondary N) is 1. The smallest absolute Gasteiger partial charge is 0.224 e. The van der Waals surface area contributed by atoms with Gasteiger partial charge >= 0.3 is 0 Å². The molecular weight excluding hydrogens is 386 g/mol. The summed E-state index contributed by atoms with van der Waals surface area (Å²) in [6.45, 7) is 0. The molecule has 0 radical (unpaired) electrons. The summed E-state index contributed by atoms with van der Waals surface area (Å²) in [6.07, 6.45) is 5.00. The molecule has 1 N–H and O–H groups in total. The lowest BCUT2D eigenvalue weighted by Crippen LogP contribution is -2.12. The van der Waals surface area contributed by atoms with Crippen LogP contribution in [-0.4, -0.2) is 29.5 Å². The lowest BCUT2D eigenvalue weighted by Gasteiger charge is -2.10. The first-order valence-electron chi connectivity index (χ1n) is 9.19. The second-order valence-corrected chi connectivity index (χ2v) is 7.41. The molecule has 7 heteroatoms. The van der Waals surface area contributed by atoms with Gasteiger partial charge in [-0.15, -0.1) is 11.3 Å². The number of amides is 1. The number of benzene rings is 2. The molecule has 0 saturated heterocycles. The van der Waals surface area contributed by atoms with Crippen LogP contribution < -0.4 is 14.8 Å². The van der Waals surface area contributed by atoms with Crippen molar-refractivity contribution in [1.29, 1.82) is 0 Å². The van der Waals surface area contributed by atoms with Crippen LogP contribution in [0.15, 0.2) is 60.2 Å². The van der Waals surface area contributed by atoms with Gasteiger partial charge in [0.1, 0.15) is 0 Å². The van der Waals surface area contributed by atoms with Gasteiger partial charge in [0.25, 0.3) is 0 Å². The van der Waals surface area contributed by atoms with Gasteiger partial charge in [0.15, 0.2) is 16.5 Å². The lowest BCUT2D eigenvalue weighted by atomic mass is 10.1. The zero-order valence-electron chi connectivity index (χ0n) is 16.2. The van der Waals surface area contributed by atoms with Crippen LogP contribution in [0.25, 0.3) is 16.2 Å². The number of methoxy groups -OCH3 is 2. The number of aromatic nitrogens is 2. The summed E-state index contributed by atoms with van der Waals surface area (Å²) in [5.74, 6) is 1.31. The van der Waals surface area contributed by atoms with Crippen LogP contribution in [0.2, 0.25) is 0 Å². The topological polar surface area (TPSA) is 64.9 Å². The second-order valence-electron chi connectivity index (χ2n) is 6.53. The Hall–Kier alpha value is -3.32. The molecule has 0 unspecified atom stereocenters. The van der Waals surface area contributed by atoms with E-state index in [0.29, 0.717) is 24.3 Å². The number of hydrogen-bond acceptors (Lipinski definition) is 5. The minimum absolute atomic E-state index is 0.0324. The Morgan fingerprint density at radius 3 is 2.62 bits per heavy atom. The molecule has 0 bridgehead atoms. The van der Waals surface area contributed by atoms with E-state index in [1.165, 1.54) is 0 Å². The first-order chi connectivity index (χ1) is 14.2. The van der Waals surface area contributed by atoms with Crippen molar-refractivity contribution in [2.75, 3.05) is 19.5 Å². The molecule has 0 fully saturated rings. The van der Waals surface area contributed by atoms with E-state index < -0.39 is 0 Å². The molecule has 4 rings (SSSR count). The van der Waals surface area contributed by atoms with Crippen molar-refractivity contribution in [3.63, 3.8) is 0 Å². The van der Waals surface area contributed by atoms with Gasteiger partial charge in [-0.05, 0) is 36.2 Å². The fraction of sp³-hybridized carbons (Fsp3) is 0.182. The molecule has 29 heavy (non-hydrogen) atoms. The Kier molecular flexibility index (Phi) is 5.48.